The minimum atomic E-state index is -1.08. The van der Waals surface area contributed by atoms with Crippen LogP contribution in [0.4, 0.5) is 8.78 Å². The van der Waals surface area contributed by atoms with Crippen LogP contribution < -0.4 is 0 Å². The van der Waals surface area contributed by atoms with Crippen LogP contribution in [0.3, 0.4) is 0 Å². The second kappa shape index (κ2) is 5.62. The minimum Gasteiger partial charge on any atom is -0.388 e. The normalized spacial score (nSPS) is 12.5. The summed E-state index contributed by atoms with van der Waals surface area (Å²) in [4.78, 5) is 0. The molecule has 0 amide bonds. The van der Waals surface area contributed by atoms with Crippen LogP contribution in [0, 0.1) is 11.6 Å². The van der Waals surface area contributed by atoms with Crippen LogP contribution in [-0.4, -0.2) is 5.11 Å². The van der Waals surface area contributed by atoms with Crippen molar-refractivity contribution in [3.8, 4) is 0 Å². The highest BCUT2D eigenvalue weighted by Crippen LogP contribution is 2.26. The third-order valence-electron chi connectivity index (χ3n) is 3.61. The average molecular weight is 284 g/mol. The van der Waals surface area contributed by atoms with Crippen molar-refractivity contribution in [1.82, 2.24) is 0 Å². The molecule has 0 heterocycles. The van der Waals surface area contributed by atoms with E-state index in [1.165, 1.54) is 0 Å². The Morgan fingerprint density at radius 2 is 1.67 bits per heavy atom. The first kappa shape index (κ1) is 13.7. The number of halogens is 2. The molecule has 1 atom stereocenters. The molecular formula is C18H14F2O. The molecule has 0 aliphatic rings. The Hall–Kier alpha value is -2.26. The summed E-state index contributed by atoms with van der Waals surface area (Å²) in [6.45, 7) is 0. The van der Waals surface area contributed by atoms with E-state index >= 15 is 0 Å². The van der Waals surface area contributed by atoms with Crippen molar-refractivity contribution >= 4 is 10.8 Å². The fraction of sp³-hybridized carbons (Fsp3) is 0.111. The van der Waals surface area contributed by atoms with E-state index in [2.05, 4.69) is 0 Å². The molecule has 0 bridgehead atoms. The number of rotatable bonds is 3. The van der Waals surface area contributed by atoms with Gasteiger partial charge in [-0.3, -0.25) is 0 Å². The maximum Gasteiger partial charge on any atom is 0.129 e. The molecule has 3 rings (SSSR count). The Morgan fingerprint density at radius 3 is 2.52 bits per heavy atom. The van der Waals surface area contributed by atoms with Gasteiger partial charge in [0.2, 0.25) is 0 Å². The summed E-state index contributed by atoms with van der Waals surface area (Å²) < 4.78 is 26.9. The van der Waals surface area contributed by atoms with Crippen molar-refractivity contribution < 1.29 is 13.9 Å². The highest BCUT2D eigenvalue weighted by Gasteiger charge is 2.15. The van der Waals surface area contributed by atoms with Gasteiger partial charge in [-0.05, 0) is 34.5 Å². The SMILES string of the molecule is OC(Cc1cccc2ccccc12)c1cc(F)ccc1F. The molecule has 0 fully saturated rings. The Labute approximate surface area is 121 Å². The first-order chi connectivity index (χ1) is 10.1. The quantitative estimate of drug-likeness (QED) is 0.756. The zero-order valence-electron chi connectivity index (χ0n) is 11.3. The number of hydrogen-bond donors (Lipinski definition) is 1. The smallest absolute Gasteiger partial charge is 0.129 e. The number of aliphatic hydroxyl groups excluding tert-OH is 1. The number of fused-ring (bicyclic) bond motifs is 1. The summed E-state index contributed by atoms with van der Waals surface area (Å²) in [6, 6.07) is 16.7. The van der Waals surface area contributed by atoms with Gasteiger partial charge >= 0.3 is 0 Å². The van der Waals surface area contributed by atoms with Crippen molar-refractivity contribution in [1.29, 1.82) is 0 Å². The van der Waals surface area contributed by atoms with Gasteiger partial charge in [0.15, 0.2) is 0 Å². The van der Waals surface area contributed by atoms with Gasteiger partial charge in [-0.25, -0.2) is 8.78 Å². The second-order valence-corrected chi connectivity index (χ2v) is 5.02. The molecule has 3 heteroatoms. The molecule has 0 aliphatic carbocycles. The molecule has 0 saturated carbocycles. The highest BCUT2D eigenvalue weighted by atomic mass is 19.1. The molecule has 0 spiro atoms. The molecular weight excluding hydrogens is 270 g/mol. The standard InChI is InChI=1S/C18H14F2O/c19-14-8-9-17(20)16(11-14)18(21)10-13-6-3-5-12-4-1-2-7-15(12)13/h1-9,11,18,21H,10H2. The molecule has 3 aromatic carbocycles. The fourth-order valence-corrected chi connectivity index (χ4v) is 2.56. The zero-order chi connectivity index (χ0) is 14.8. The molecule has 1 unspecified atom stereocenters. The highest BCUT2D eigenvalue weighted by molar-refractivity contribution is 5.85. The van der Waals surface area contributed by atoms with Gasteiger partial charge in [0.25, 0.3) is 0 Å². The maximum absolute atomic E-state index is 13.7. The molecule has 3 aromatic rings. The van der Waals surface area contributed by atoms with E-state index in [0.29, 0.717) is 0 Å². The van der Waals surface area contributed by atoms with Crippen LogP contribution in [0.15, 0.2) is 60.7 Å². The van der Waals surface area contributed by atoms with E-state index < -0.39 is 17.7 Å². The monoisotopic (exact) mass is 284 g/mol. The number of hydrogen-bond acceptors (Lipinski definition) is 1. The van der Waals surface area contributed by atoms with Gasteiger partial charge in [-0.15, -0.1) is 0 Å². The van der Waals surface area contributed by atoms with Gasteiger partial charge in [-0.1, -0.05) is 42.5 Å². The lowest BCUT2D eigenvalue weighted by Crippen LogP contribution is -2.05. The number of benzene rings is 3. The van der Waals surface area contributed by atoms with Gasteiger partial charge in [-0.2, -0.15) is 0 Å². The van der Waals surface area contributed by atoms with Gasteiger partial charge in [0.05, 0.1) is 6.10 Å². The van der Waals surface area contributed by atoms with Gasteiger partial charge in [0, 0.05) is 12.0 Å². The van der Waals surface area contributed by atoms with E-state index in [-0.39, 0.29) is 12.0 Å². The van der Waals surface area contributed by atoms with E-state index in [1.807, 2.05) is 42.5 Å². The predicted molar refractivity (Wildman–Crippen MR) is 79.0 cm³/mol. The van der Waals surface area contributed by atoms with Crippen molar-refractivity contribution in [2.24, 2.45) is 0 Å². The largest absolute Gasteiger partial charge is 0.388 e. The first-order valence-electron chi connectivity index (χ1n) is 6.75. The predicted octanol–water partition coefficient (Wildman–Crippen LogP) is 4.39. The molecule has 0 saturated heterocycles. The van der Waals surface area contributed by atoms with E-state index in [1.54, 1.807) is 0 Å². The van der Waals surface area contributed by atoms with E-state index in [0.717, 1.165) is 34.5 Å². The lowest BCUT2D eigenvalue weighted by Gasteiger charge is -2.14. The van der Waals surface area contributed by atoms with Crippen LogP contribution in [0.25, 0.3) is 10.8 Å². The van der Waals surface area contributed by atoms with Crippen LogP contribution in [-0.2, 0) is 6.42 Å². The summed E-state index contributed by atoms with van der Waals surface area (Å²) in [7, 11) is 0. The van der Waals surface area contributed by atoms with Crippen LogP contribution >= 0.6 is 0 Å². The zero-order valence-corrected chi connectivity index (χ0v) is 11.3. The summed E-state index contributed by atoms with van der Waals surface area (Å²) in [5.74, 6) is -1.15. The summed E-state index contributed by atoms with van der Waals surface area (Å²) in [5.41, 5.74) is 0.896. The summed E-state index contributed by atoms with van der Waals surface area (Å²) in [6.07, 6.45) is -0.839. The molecule has 21 heavy (non-hydrogen) atoms. The molecule has 106 valence electrons. The maximum atomic E-state index is 13.7. The Morgan fingerprint density at radius 1 is 0.905 bits per heavy atom. The third-order valence-corrected chi connectivity index (χ3v) is 3.61. The summed E-state index contributed by atoms with van der Waals surface area (Å²) >= 11 is 0. The second-order valence-electron chi connectivity index (χ2n) is 5.02. The lowest BCUT2D eigenvalue weighted by molar-refractivity contribution is 0.173. The Balaban J connectivity index is 1.96. The average Bonchev–Trinajstić information content (AvgIpc) is 2.50. The molecule has 0 radical (unpaired) electrons. The van der Waals surface area contributed by atoms with E-state index in [9.17, 15) is 13.9 Å². The van der Waals surface area contributed by atoms with Gasteiger partial charge < -0.3 is 5.11 Å². The molecule has 1 nitrogen and oxygen atoms in total. The van der Waals surface area contributed by atoms with Crippen molar-refractivity contribution in [3.63, 3.8) is 0 Å². The fourth-order valence-electron chi connectivity index (χ4n) is 2.56. The van der Waals surface area contributed by atoms with Gasteiger partial charge in [0.1, 0.15) is 11.6 Å². The first-order valence-corrected chi connectivity index (χ1v) is 6.75. The topological polar surface area (TPSA) is 20.2 Å². The third kappa shape index (κ3) is 2.78. The molecule has 0 aromatic heterocycles. The minimum absolute atomic E-state index is 0.0112. The van der Waals surface area contributed by atoms with Crippen LogP contribution in [0.1, 0.15) is 17.2 Å². The van der Waals surface area contributed by atoms with Crippen molar-refractivity contribution in [3.05, 3.63) is 83.4 Å². The molecule has 1 N–H and O–H groups in total. The Kier molecular flexibility index (Phi) is 3.67. The van der Waals surface area contributed by atoms with Crippen molar-refractivity contribution in [2.45, 2.75) is 12.5 Å². The van der Waals surface area contributed by atoms with Crippen molar-refractivity contribution in [2.75, 3.05) is 0 Å². The Bertz CT molecular complexity index is 778. The number of aliphatic hydroxyl groups is 1. The lowest BCUT2D eigenvalue weighted by atomic mass is 9.96. The van der Waals surface area contributed by atoms with Crippen LogP contribution in [0.2, 0.25) is 0 Å². The van der Waals surface area contributed by atoms with E-state index in [4.69, 9.17) is 0 Å². The van der Waals surface area contributed by atoms with Crippen LogP contribution in [0.5, 0.6) is 0 Å². The molecule has 0 aliphatic heterocycles. The summed E-state index contributed by atoms with van der Waals surface area (Å²) in [5, 5.41) is 12.3.